The third-order valence-corrected chi connectivity index (χ3v) is 4.20. The average molecular weight is 305 g/mol. The molecular weight excluding hydrogens is 289 g/mol. The molecule has 0 radical (unpaired) electrons. The van der Waals surface area contributed by atoms with Crippen LogP contribution >= 0.6 is 0 Å². The Kier molecular flexibility index (Phi) is 3.37. The van der Waals surface area contributed by atoms with Crippen molar-refractivity contribution in [1.82, 2.24) is 9.97 Å². The van der Waals surface area contributed by atoms with E-state index in [0.717, 1.165) is 53.0 Å². The van der Waals surface area contributed by atoms with Crippen LogP contribution in [0.15, 0.2) is 47.6 Å². The van der Waals surface area contributed by atoms with E-state index in [1.807, 2.05) is 36.5 Å². The zero-order valence-electron chi connectivity index (χ0n) is 12.9. The van der Waals surface area contributed by atoms with Crippen LogP contribution in [0, 0.1) is 12.7 Å². The first kappa shape index (κ1) is 14.0. The number of aromatic nitrogens is 2. The Morgan fingerprint density at radius 3 is 2.78 bits per heavy atom. The number of nitrogens with zero attached hydrogens (tertiary/aromatic N) is 3. The average Bonchev–Trinajstić information content (AvgIpc) is 2.95. The van der Waals surface area contributed by atoms with Gasteiger partial charge in [0.2, 0.25) is 0 Å². The van der Waals surface area contributed by atoms with E-state index in [4.69, 9.17) is 0 Å². The Hall–Kier alpha value is -2.62. The number of benzene rings is 2. The van der Waals surface area contributed by atoms with Gasteiger partial charge in [-0.15, -0.1) is 0 Å². The maximum atomic E-state index is 13.6. The second kappa shape index (κ2) is 5.54. The molecule has 1 aromatic heterocycles. The molecule has 4 rings (SSSR count). The van der Waals surface area contributed by atoms with Crippen molar-refractivity contribution in [2.45, 2.75) is 26.2 Å². The van der Waals surface area contributed by atoms with Crippen LogP contribution in [-0.2, 0) is 12.8 Å². The number of para-hydroxylation sites is 2. The van der Waals surface area contributed by atoms with Crippen molar-refractivity contribution >= 4 is 22.4 Å². The SMILES string of the molecule is Cc1cc2c(cc1F)N=C(CCc1cnc3ccccc3n1)C2. The second-order valence-electron chi connectivity index (χ2n) is 5.93. The van der Waals surface area contributed by atoms with Crippen LogP contribution < -0.4 is 0 Å². The highest BCUT2D eigenvalue weighted by Gasteiger charge is 2.16. The lowest BCUT2D eigenvalue weighted by Crippen LogP contribution is -2.02. The molecule has 0 saturated heterocycles. The molecule has 0 aliphatic carbocycles. The first-order valence-electron chi connectivity index (χ1n) is 7.75. The van der Waals surface area contributed by atoms with Crippen molar-refractivity contribution in [3.05, 3.63) is 65.2 Å². The first-order chi connectivity index (χ1) is 11.2. The molecule has 2 aromatic carbocycles. The molecule has 0 unspecified atom stereocenters. The molecule has 0 spiro atoms. The summed E-state index contributed by atoms with van der Waals surface area (Å²) in [5, 5.41) is 0. The second-order valence-corrected chi connectivity index (χ2v) is 5.93. The predicted octanol–water partition coefficient (Wildman–Crippen LogP) is 4.34. The summed E-state index contributed by atoms with van der Waals surface area (Å²) in [4.78, 5) is 13.6. The highest BCUT2D eigenvalue weighted by Crippen LogP contribution is 2.30. The first-order valence-corrected chi connectivity index (χ1v) is 7.75. The van der Waals surface area contributed by atoms with E-state index in [9.17, 15) is 4.39 Å². The van der Waals surface area contributed by atoms with E-state index in [-0.39, 0.29) is 5.82 Å². The van der Waals surface area contributed by atoms with Gasteiger partial charge in [0.05, 0.1) is 22.4 Å². The molecule has 0 fully saturated rings. The number of aryl methyl sites for hydroxylation is 2. The third kappa shape index (κ3) is 2.72. The largest absolute Gasteiger partial charge is 0.257 e. The monoisotopic (exact) mass is 305 g/mol. The number of aliphatic imine (C=N–C) groups is 1. The van der Waals surface area contributed by atoms with Crippen molar-refractivity contribution in [3.8, 4) is 0 Å². The minimum absolute atomic E-state index is 0.186. The van der Waals surface area contributed by atoms with E-state index < -0.39 is 0 Å². The maximum absolute atomic E-state index is 13.6. The summed E-state index contributed by atoms with van der Waals surface area (Å²) in [5.41, 5.74) is 6.44. The quantitative estimate of drug-likeness (QED) is 0.722. The Labute approximate surface area is 133 Å². The Bertz CT molecular complexity index is 931. The summed E-state index contributed by atoms with van der Waals surface area (Å²) in [6.07, 6.45) is 4.25. The molecule has 1 aliphatic heterocycles. The van der Waals surface area contributed by atoms with E-state index >= 15 is 0 Å². The van der Waals surface area contributed by atoms with Crippen LogP contribution in [0.5, 0.6) is 0 Å². The van der Waals surface area contributed by atoms with Crippen LogP contribution in [-0.4, -0.2) is 15.7 Å². The van der Waals surface area contributed by atoms with E-state index in [1.54, 1.807) is 6.92 Å². The number of hydrogen-bond acceptors (Lipinski definition) is 3. The molecule has 0 saturated carbocycles. The topological polar surface area (TPSA) is 38.1 Å². The predicted molar refractivity (Wildman–Crippen MR) is 89.8 cm³/mol. The minimum atomic E-state index is -0.186. The molecule has 0 bridgehead atoms. The van der Waals surface area contributed by atoms with Crippen LogP contribution in [0.25, 0.3) is 11.0 Å². The lowest BCUT2D eigenvalue weighted by atomic mass is 10.0. The van der Waals surface area contributed by atoms with Crippen molar-refractivity contribution in [3.63, 3.8) is 0 Å². The highest BCUT2D eigenvalue weighted by molar-refractivity contribution is 5.94. The summed E-state index contributed by atoms with van der Waals surface area (Å²) >= 11 is 0. The lowest BCUT2D eigenvalue weighted by Gasteiger charge is -2.03. The molecular formula is C19H16FN3. The minimum Gasteiger partial charge on any atom is -0.257 e. The molecule has 23 heavy (non-hydrogen) atoms. The smallest absolute Gasteiger partial charge is 0.128 e. The number of halogens is 1. The maximum Gasteiger partial charge on any atom is 0.128 e. The van der Waals surface area contributed by atoms with Crippen molar-refractivity contribution in [2.75, 3.05) is 0 Å². The summed E-state index contributed by atoms with van der Waals surface area (Å²) in [7, 11) is 0. The molecule has 114 valence electrons. The van der Waals surface area contributed by atoms with E-state index in [0.29, 0.717) is 5.56 Å². The van der Waals surface area contributed by atoms with Gasteiger partial charge >= 0.3 is 0 Å². The Morgan fingerprint density at radius 1 is 1.09 bits per heavy atom. The molecule has 1 aliphatic rings. The van der Waals surface area contributed by atoms with Crippen molar-refractivity contribution in [2.24, 2.45) is 4.99 Å². The summed E-state index contributed by atoms with van der Waals surface area (Å²) < 4.78 is 13.6. The van der Waals surface area contributed by atoms with Gasteiger partial charge in [-0.25, -0.2) is 9.37 Å². The van der Waals surface area contributed by atoms with E-state index in [1.165, 1.54) is 6.07 Å². The fraction of sp³-hybridized carbons (Fsp3) is 0.211. The van der Waals surface area contributed by atoms with Gasteiger partial charge in [-0.3, -0.25) is 9.98 Å². The summed E-state index contributed by atoms with van der Waals surface area (Å²) in [5.74, 6) is -0.186. The normalized spacial score (nSPS) is 13.2. The summed E-state index contributed by atoms with van der Waals surface area (Å²) in [6, 6.07) is 11.3. The number of fused-ring (bicyclic) bond motifs is 2. The zero-order chi connectivity index (χ0) is 15.8. The van der Waals surface area contributed by atoms with E-state index in [2.05, 4.69) is 15.0 Å². The number of hydrogen-bond donors (Lipinski definition) is 0. The Morgan fingerprint density at radius 2 is 1.91 bits per heavy atom. The van der Waals surface area contributed by atoms with Crippen LogP contribution in [0.4, 0.5) is 10.1 Å². The molecule has 4 heteroatoms. The standard InChI is InChI=1S/C19H16FN3/c1-12-8-13-9-14(22-19(13)10-16(12)20)6-7-15-11-21-17-4-2-3-5-18(17)23-15/h2-5,8,10-11H,6-7,9H2,1H3. The van der Waals surface area contributed by atoms with Crippen molar-refractivity contribution in [1.29, 1.82) is 0 Å². The van der Waals surface area contributed by atoms with Gasteiger partial charge in [-0.1, -0.05) is 18.2 Å². The molecule has 0 atom stereocenters. The van der Waals surface area contributed by atoms with Crippen LogP contribution in [0.2, 0.25) is 0 Å². The molecule has 0 amide bonds. The van der Waals surface area contributed by atoms with Crippen LogP contribution in [0.3, 0.4) is 0 Å². The third-order valence-electron chi connectivity index (χ3n) is 4.20. The molecule has 0 N–H and O–H groups in total. The van der Waals surface area contributed by atoms with Gasteiger partial charge in [0.1, 0.15) is 5.82 Å². The van der Waals surface area contributed by atoms with Crippen LogP contribution in [0.1, 0.15) is 23.2 Å². The van der Waals surface area contributed by atoms with Gasteiger partial charge in [0, 0.05) is 24.4 Å². The fourth-order valence-corrected chi connectivity index (χ4v) is 2.94. The van der Waals surface area contributed by atoms with Crippen molar-refractivity contribution < 1.29 is 4.39 Å². The fourth-order valence-electron chi connectivity index (χ4n) is 2.94. The Balaban J connectivity index is 1.50. The highest BCUT2D eigenvalue weighted by atomic mass is 19.1. The van der Waals surface area contributed by atoms with Gasteiger partial charge in [-0.05, 0) is 43.0 Å². The lowest BCUT2D eigenvalue weighted by molar-refractivity contribution is 0.618. The number of rotatable bonds is 3. The van der Waals surface area contributed by atoms with Gasteiger partial charge in [0.15, 0.2) is 0 Å². The summed E-state index contributed by atoms with van der Waals surface area (Å²) in [6.45, 7) is 1.79. The van der Waals surface area contributed by atoms with Gasteiger partial charge < -0.3 is 0 Å². The molecule has 3 nitrogen and oxygen atoms in total. The molecule has 2 heterocycles. The zero-order valence-corrected chi connectivity index (χ0v) is 12.9. The molecule has 3 aromatic rings. The van der Waals surface area contributed by atoms with Gasteiger partial charge in [-0.2, -0.15) is 0 Å². The van der Waals surface area contributed by atoms with Gasteiger partial charge in [0.25, 0.3) is 0 Å².